The molecular formula is C29H30F3N8O3+. The van der Waals surface area contributed by atoms with Crippen LogP contribution in [0.15, 0.2) is 54.0 Å². The Bertz CT molecular complexity index is 1650. The van der Waals surface area contributed by atoms with E-state index >= 15 is 0 Å². The summed E-state index contributed by atoms with van der Waals surface area (Å²) < 4.78 is 45.0. The van der Waals surface area contributed by atoms with Crippen LogP contribution in [0.1, 0.15) is 60.7 Å². The minimum Gasteiger partial charge on any atom is -0.444 e. The molecule has 14 heteroatoms. The maximum atomic E-state index is 13.1. The smallest absolute Gasteiger partial charge is 0.416 e. The number of aromatic nitrogens is 3. The fourth-order valence-electron chi connectivity index (χ4n) is 5.87. The number of alkyl halides is 3. The molecular weight excluding hydrogens is 565 g/mol. The number of ether oxygens (including phenoxy) is 1. The Balaban J connectivity index is 1.26. The van der Waals surface area contributed by atoms with Crippen LogP contribution in [0.5, 0.6) is 0 Å². The monoisotopic (exact) mass is 595 g/mol. The van der Waals surface area contributed by atoms with E-state index in [1.165, 1.54) is 6.33 Å². The molecule has 0 radical (unpaired) electrons. The number of quaternary nitrogens is 1. The lowest BCUT2D eigenvalue weighted by molar-refractivity contribution is -0.137. The highest BCUT2D eigenvalue weighted by molar-refractivity contribution is 6.20. The summed E-state index contributed by atoms with van der Waals surface area (Å²) in [5.41, 5.74) is 6.46. The van der Waals surface area contributed by atoms with Gasteiger partial charge in [-0.15, -0.1) is 4.59 Å². The van der Waals surface area contributed by atoms with Gasteiger partial charge in [0.15, 0.2) is 12.1 Å². The molecule has 2 aromatic heterocycles. The number of nitrogen functional groups attached to an aromatic ring is 1. The third kappa shape index (κ3) is 5.05. The lowest BCUT2D eigenvalue weighted by Gasteiger charge is -2.33. The number of hydrogen-bond donors (Lipinski definition) is 2. The summed E-state index contributed by atoms with van der Waals surface area (Å²) in [6, 6.07) is 8.08. The summed E-state index contributed by atoms with van der Waals surface area (Å²) >= 11 is 0. The van der Waals surface area contributed by atoms with E-state index in [1.807, 2.05) is 20.8 Å². The number of halogens is 3. The maximum absolute atomic E-state index is 13.1. The van der Waals surface area contributed by atoms with Gasteiger partial charge in [0.25, 0.3) is 11.7 Å². The van der Waals surface area contributed by atoms with Crippen LogP contribution in [0, 0.1) is 0 Å². The van der Waals surface area contributed by atoms with Gasteiger partial charge in [-0.25, -0.2) is 14.8 Å². The van der Waals surface area contributed by atoms with Crippen molar-refractivity contribution in [3.63, 3.8) is 0 Å². The molecule has 2 atom stereocenters. The topological polar surface area (TPSA) is 136 Å². The van der Waals surface area contributed by atoms with Gasteiger partial charge in [-0.3, -0.25) is 4.79 Å². The van der Waals surface area contributed by atoms with Crippen molar-refractivity contribution in [1.29, 1.82) is 0 Å². The van der Waals surface area contributed by atoms with Crippen molar-refractivity contribution in [2.45, 2.75) is 50.9 Å². The van der Waals surface area contributed by atoms with E-state index in [0.29, 0.717) is 42.3 Å². The molecule has 3 aliphatic heterocycles. The van der Waals surface area contributed by atoms with Gasteiger partial charge in [0.05, 0.1) is 12.1 Å². The molecule has 6 rings (SSSR count). The molecule has 11 nitrogen and oxygen atoms in total. The molecule has 2 unspecified atom stereocenters. The molecule has 1 aromatic carbocycles. The quantitative estimate of drug-likeness (QED) is 0.334. The number of pyridine rings is 1. The van der Waals surface area contributed by atoms with E-state index in [9.17, 15) is 22.8 Å². The fourth-order valence-corrected chi connectivity index (χ4v) is 5.87. The van der Waals surface area contributed by atoms with Gasteiger partial charge in [0, 0.05) is 30.3 Å². The van der Waals surface area contributed by atoms with Gasteiger partial charge in [0.1, 0.15) is 34.8 Å². The van der Waals surface area contributed by atoms with Crippen molar-refractivity contribution in [3.8, 4) is 0 Å². The van der Waals surface area contributed by atoms with Crippen molar-refractivity contribution in [3.05, 3.63) is 71.2 Å². The highest BCUT2D eigenvalue weighted by Gasteiger charge is 2.77. The van der Waals surface area contributed by atoms with E-state index in [2.05, 4.69) is 20.3 Å². The lowest BCUT2D eigenvalue weighted by Crippen LogP contribution is -2.50. The van der Waals surface area contributed by atoms with Gasteiger partial charge in [-0.05, 0) is 51.5 Å². The first-order valence-electron chi connectivity index (χ1n) is 13.7. The number of carbonyl (C=O) groups is 2. The number of amides is 2. The van der Waals surface area contributed by atoms with Gasteiger partial charge < -0.3 is 20.7 Å². The summed E-state index contributed by atoms with van der Waals surface area (Å²) in [5.74, 6) is 0.0888. The molecule has 5 heterocycles. The van der Waals surface area contributed by atoms with Crippen LogP contribution in [0.4, 0.5) is 35.4 Å². The minimum atomic E-state index is -4.56. The van der Waals surface area contributed by atoms with Crippen molar-refractivity contribution < 1.29 is 27.5 Å². The van der Waals surface area contributed by atoms with Gasteiger partial charge in [-0.2, -0.15) is 18.2 Å². The number of anilines is 2. The first-order valence-corrected chi connectivity index (χ1v) is 13.7. The molecule has 2 fully saturated rings. The number of likely N-dealkylation sites (tertiary alicyclic amines) is 1. The van der Waals surface area contributed by atoms with Crippen LogP contribution >= 0.6 is 0 Å². The van der Waals surface area contributed by atoms with Crippen LogP contribution in [0.25, 0.3) is 0 Å². The minimum absolute atomic E-state index is 0.188. The second-order valence-electron chi connectivity index (χ2n) is 12.0. The average Bonchev–Trinajstić information content (AvgIpc) is 3.39. The Morgan fingerprint density at radius 1 is 1.09 bits per heavy atom. The number of piperidine rings is 1. The fraction of sp³-hybridized carbons (Fsp3) is 0.379. The van der Waals surface area contributed by atoms with E-state index in [0.717, 1.165) is 31.2 Å². The summed E-state index contributed by atoms with van der Waals surface area (Å²) in [6.45, 7) is 7.17. The Hall–Kier alpha value is -4.59. The second kappa shape index (κ2) is 9.73. The predicted octanol–water partition coefficient (Wildman–Crippen LogP) is 4.58. The van der Waals surface area contributed by atoms with Crippen LogP contribution in [0.3, 0.4) is 0 Å². The summed E-state index contributed by atoms with van der Waals surface area (Å²) in [6.07, 6.45) is -0.921. The molecule has 3 aliphatic rings. The number of benzene rings is 1. The molecule has 224 valence electrons. The molecule has 2 spiro atoms. The Kier molecular flexibility index (Phi) is 6.45. The van der Waals surface area contributed by atoms with E-state index < -0.39 is 23.2 Å². The van der Waals surface area contributed by atoms with Gasteiger partial charge in [-0.1, -0.05) is 17.2 Å². The van der Waals surface area contributed by atoms with E-state index in [-0.39, 0.29) is 33.4 Å². The Labute approximate surface area is 245 Å². The number of rotatable bonds is 3. The summed E-state index contributed by atoms with van der Waals surface area (Å²) in [7, 11) is 0. The molecule has 0 bridgehead atoms. The van der Waals surface area contributed by atoms with Crippen molar-refractivity contribution in [2.75, 3.05) is 30.7 Å². The van der Waals surface area contributed by atoms with E-state index in [4.69, 9.17) is 15.6 Å². The lowest BCUT2D eigenvalue weighted by atomic mass is 9.97. The van der Waals surface area contributed by atoms with Gasteiger partial charge in [0.2, 0.25) is 0 Å². The largest absolute Gasteiger partial charge is 0.444 e. The molecule has 43 heavy (non-hydrogen) atoms. The first kappa shape index (κ1) is 28.5. The molecule has 0 aliphatic carbocycles. The van der Waals surface area contributed by atoms with Crippen LogP contribution in [0.2, 0.25) is 0 Å². The second-order valence-corrected chi connectivity index (χ2v) is 12.0. The zero-order valence-corrected chi connectivity index (χ0v) is 23.8. The third-order valence-electron chi connectivity index (χ3n) is 7.88. The number of nitrogens with zero attached hydrogens (tertiary/aromatic N) is 6. The third-order valence-corrected chi connectivity index (χ3v) is 7.88. The average molecular weight is 596 g/mol. The molecule has 2 amide bonds. The Morgan fingerprint density at radius 2 is 1.84 bits per heavy atom. The number of nitrogens with one attached hydrogen (secondary N) is 1. The maximum Gasteiger partial charge on any atom is 0.416 e. The van der Waals surface area contributed by atoms with E-state index in [1.54, 1.807) is 29.2 Å². The normalized spacial score (nSPS) is 22.7. The first-order chi connectivity index (χ1) is 20.2. The number of fused-ring (bicyclic) bond motifs is 3. The SMILES string of the molecule is CC(C)(C)OC(=O)N1CCCC2(C1)C[N+]21N=C(c2ccc(C(=O)Nc3cc(C(F)(F)F)ccn3)cc2)c2c(N)ncnc21. The summed E-state index contributed by atoms with van der Waals surface area (Å²) in [5, 5.41) is 7.53. The number of hydrogen-bond acceptors (Lipinski definition) is 8. The number of carbonyl (C=O) groups excluding carboxylic acids is 2. The summed E-state index contributed by atoms with van der Waals surface area (Å²) in [4.78, 5) is 40.0. The molecule has 3 aromatic rings. The Morgan fingerprint density at radius 3 is 2.53 bits per heavy atom. The highest BCUT2D eigenvalue weighted by atomic mass is 19.4. The molecule has 0 saturated carbocycles. The standard InChI is InChI=1S/C29H29F3N8O3/c1-27(2,3)43-26(42)39-12-4-10-28(14-39)15-40(28)24-21(23(33)35-16-36-24)22(38-40)17-5-7-18(8-6-17)25(41)37-20-13-19(9-11-34-20)29(30,31)32/h5-9,11,13,16H,4,10,12,14-15H2,1-3H3,(H2-,33,34,35,36,37,38,41)/p+1. The zero-order valence-electron chi connectivity index (χ0n) is 23.8. The van der Waals surface area contributed by atoms with Crippen molar-refractivity contribution in [1.82, 2.24) is 24.4 Å². The van der Waals surface area contributed by atoms with Gasteiger partial charge >= 0.3 is 12.3 Å². The van der Waals surface area contributed by atoms with Crippen LogP contribution in [-0.4, -0.2) is 68.3 Å². The van der Waals surface area contributed by atoms with Crippen LogP contribution < -0.4 is 15.6 Å². The van der Waals surface area contributed by atoms with Crippen LogP contribution in [-0.2, 0) is 10.9 Å². The zero-order chi connectivity index (χ0) is 30.8. The predicted molar refractivity (Wildman–Crippen MR) is 152 cm³/mol. The number of nitrogens with two attached hydrogens (primary N) is 1. The van der Waals surface area contributed by atoms with Crippen molar-refractivity contribution >= 4 is 35.2 Å². The highest BCUT2D eigenvalue weighted by Crippen LogP contribution is 2.57. The molecule has 3 N–H and O–H groups in total. The molecule has 2 saturated heterocycles. The van der Waals surface area contributed by atoms with Crippen molar-refractivity contribution in [2.24, 2.45) is 5.10 Å².